The summed E-state index contributed by atoms with van der Waals surface area (Å²) in [6.07, 6.45) is 0.262. The van der Waals surface area contributed by atoms with Crippen LogP contribution >= 0.6 is 0 Å². The topological polar surface area (TPSA) is 58.6 Å². The van der Waals surface area contributed by atoms with Crippen molar-refractivity contribution in [3.05, 3.63) is 65.5 Å². The lowest BCUT2D eigenvalue weighted by atomic mass is 10.1. The van der Waals surface area contributed by atoms with Crippen LogP contribution in [0.15, 0.2) is 48.5 Å². The minimum Gasteiger partial charge on any atom is -0.489 e. The zero-order chi connectivity index (χ0) is 15.8. The van der Waals surface area contributed by atoms with Gasteiger partial charge in [-0.15, -0.1) is 0 Å². The van der Waals surface area contributed by atoms with E-state index < -0.39 is 0 Å². The van der Waals surface area contributed by atoms with E-state index in [0.29, 0.717) is 12.4 Å². The van der Waals surface area contributed by atoms with Crippen molar-refractivity contribution in [2.24, 2.45) is 0 Å². The van der Waals surface area contributed by atoms with Crippen molar-refractivity contribution in [2.75, 3.05) is 13.2 Å². The molecule has 0 unspecified atom stereocenters. The SMILES string of the molecule is O=C(Cc1ccc(OCc2ccc(F)cc2)cc1)NCCO. The number of halogens is 1. The van der Waals surface area contributed by atoms with Gasteiger partial charge in [-0.1, -0.05) is 24.3 Å². The van der Waals surface area contributed by atoms with E-state index in [1.54, 1.807) is 24.3 Å². The molecular weight excluding hydrogens is 285 g/mol. The first-order valence-corrected chi connectivity index (χ1v) is 7.01. The molecule has 2 N–H and O–H groups in total. The van der Waals surface area contributed by atoms with E-state index in [9.17, 15) is 9.18 Å². The molecular formula is C17H18FNO3. The Balaban J connectivity index is 1.83. The molecule has 0 heterocycles. The smallest absolute Gasteiger partial charge is 0.224 e. The van der Waals surface area contributed by atoms with E-state index in [1.807, 2.05) is 12.1 Å². The number of rotatable bonds is 7. The van der Waals surface area contributed by atoms with Crippen LogP contribution in [0.5, 0.6) is 5.75 Å². The third-order valence-corrected chi connectivity index (χ3v) is 3.04. The van der Waals surface area contributed by atoms with Crippen LogP contribution in [0.2, 0.25) is 0 Å². The molecule has 0 fully saturated rings. The average molecular weight is 303 g/mol. The summed E-state index contributed by atoms with van der Waals surface area (Å²) in [4.78, 5) is 11.5. The average Bonchev–Trinajstić information content (AvgIpc) is 2.54. The summed E-state index contributed by atoms with van der Waals surface area (Å²) in [5.74, 6) is 0.283. The minimum absolute atomic E-state index is 0.0676. The maximum absolute atomic E-state index is 12.8. The normalized spacial score (nSPS) is 10.3. The summed E-state index contributed by atoms with van der Waals surface area (Å²) in [6.45, 7) is 0.552. The van der Waals surface area contributed by atoms with Crippen molar-refractivity contribution in [3.8, 4) is 5.75 Å². The summed E-state index contributed by atoms with van der Waals surface area (Å²) >= 11 is 0. The van der Waals surface area contributed by atoms with E-state index >= 15 is 0 Å². The van der Waals surface area contributed by atoms with E-state index in [1.165, 1.54) is 12.1 Å². The van der Waals surface area contributed by atoms with Gasteiger partial charge in [-0.2, -0.15) is 0 Å². The van der Waals surface area contributed by atoms with Crippen molar-refractivity contribution >= 4 is 5.91 Å². The third kappa shape index (κ3) is 5.18. The fourth-order valence-corrected chi connectivity index (χ4v) is 1.89. The molecule has 116 valence electrons. The van der Waals surface area contributed by atoms with Crippen molar-refractivity contribution in [1.82, 2.24) is 5.32 Å². The largest absolute Gasteiger partial charge is 0.489 e. The zero-order valence-corrected chi connectivity index (χ0v) is 12.1. The fourth-order valence-electron chi connectivity index (χ4n) is 1.89. The number of benzene rings is 2. The molecule has 2 aromatic carbocycles. The molecule has 4 nitrogen and oxygen atoms in total. The fraction of sp³-hybridized carbons (Fsp3) is 0.235. The van der Waals surface area contributed by atoms with Crippen molar-refractivity contribution in [1.29, 1.82) is 0 Å². The number of aliphatic hydroxyl groups is 1. The van der Waals surface area contributed by atoms with Crippen molar-refractivity contribution in [2.45, 2.75) is 13.0 Å². The number of aliphatic hydroxyl groups excluding tert-OH is 1. The second-order valence-corrected chi connectivity index (χ2v) is 4.81. The molecule has 0 bridgehead atoms. The number of hydrogen-bond donors (Lipinski definition) is 2. The van der Waals surface area contributed by atoms with E-state index in [4.69, 9.17) is 9.84 Å². The van der Waals surface area contributed by atoms with Crippen molar-refractivity contribution < 1.29 is 19.0 Å². The van der Waals surface area contributed by atoms with Gasteiger partial charge in [0.25, 0.3) is 0 Å². The molecule has 1 amide bonds. The van der Waals surface area contributed by atoms with Crippen molar-refractivity contribution in [3.63, 3.8) is 0 Å². The summed E-state index contributed by atoms with van der Waals surface area (Å²) in [7, 11) is 0. The number of hydrogen-bond acceptors (Lipinski definition) is 3. The number of carbonyl (C=O) groups excluding carboxylic acids is 1. The predicted molar refractivity (Wildman–Crippen MR) is 81.0 cm³/mol. The van der Waals surface area contributed by atoms with Gasteiger partial charge in [-0.25, -0.2) is 4.39 Å². The van der Waals surface area contributed by atoms with Crippen LogP contribution in [0.25, 0.3) is 0 Å². The van der Waals surface area contributed by atoms with Crippen LogP contribution in [0.3, 0.4) is 0 Å². The van der Waals surface area contributed by atoms with E-state index in [0.717, 1.165) is 11.1 Å². The molecule has 0 atom stereocenters. The number of nitrogens with one attached hydrogen (secondary N) is 1. The number of ether oxygens (including phenoxy) is 1. The predicted octanol–water partition coefficient (Wildman–Crippen LogP) is 2.06. The third-order valence-electron chi connectivity index (χ3n) is 3.04. The van der Waals surface area contributed by atoms with Gasteiger partial charge < -0.3 is 15.2 Å². The molecule has 0 radical (unpaired) electrons. The monoisotopic (exact) mass is 303 g/mol. The lowest BCUT2D eigenvalue weighted by Gasteiger charge is -2.08. The Morgan fingerprint density at radius 2 is 1.68 bits per heavy atom. The maximum atomic E-state index is 12.8. The molecule has 2 aromatic rings. The van der Waals surface area contributed by atoms with Crippen LogP contribution in [-0.2, 0) is 17.8 Å². The standard InChI is InChI=1S/C17H18FNO3/c18-15-5-1-14(2-6-15)12-22-16-7-3-13(4-8-16)11-17(21)19-9-10-20/h1-8,20H,9-12H2,(H,19,21). The second-order valence-electron chi connectivity index (χ2n) is 4.81. The molecule has 0 aliphatic rings. The van der Waals surface area contributed by atoms with Gasteiger partial charge in [-0.3, -0.25) is 4.79 Å². The number of carbonyl (C=O) groups is 1. The Morgan fingerprint density at radius 1 is 1.05 bits per heavy atom. The Bertz CT molecular complexity index is 596. The van der Waals surface area contributed by atoms with Crippen LogP contribution in [0.4, 0.5) is 4.39 Å². The van der Waals surface area contributed by atoms with E-state index in [-0.39, 0.29) is 31.3 Å². The summed E-state index contributed by atoms with van der Waals surface area (Å²) in [5, 5.41) is 11.2. The highest BCUT2D eigenvalue weighted by Gasteiger charge is 2.03. The first kappa shape index (κ1) is 16.0. The van der Waals surface area contributed by atoms with Gasteiger partial charge in [0, 0.05) is 6.54 Å². The quantitative estimate of drug-likeness (QED) is 0.823. The molecule has 0 aliphatic carbocycles. The molecule has 0 saturated heterocycles. The van der Waals surface area contributed by atoms with Gasteiger partial charge in [-0.05, 0) is 35.4 Å². The first-order chi connectivity index (χ1) is 10.7. The minimum atomic E-state index is -0.271. The van der Waals surface area contributed by atoms with Gasteiger partial charge in [0.1, 0.15) is 18.2 Å². The van der Waals surface area contributed by atoms with Crippen LogP contribution < -0.4 is 10.1 Å². The lowest BCUT2D eigenvalue weighted by molar-refractivity contribution is -0.120. The Labute approximate surface area is 128 Å². The summed E-state index contributed by atoms with van der Waals surface area (Å²) in [6, 6.07) is 13.4. The first-order valence-electron chi connectivity index (χ1n) is 7.01. The molecule has 22 heavy (non-hydrogen) atoms. The zero-order valence-electron chi connectivity index (χ0n) is 12.1. The molecule has 0 saturated carbocycles. The molecule has 0 spiro atoms. The van der Waals surface area contributed by atoms with Gasteiger partial charge in [0.05, 0.1) is 13.0 Å². The highest BCUT2D eigenvalue weighted by atomic mass is 19.1. The Hall–Kier alpha value is -2.40. The van der Waals surface area contributed by atoms with Gasteiger partial charge in [0.2, 0.25) is 5.91 Å². The second kappa shape index (κ2) is 8.14. The molecule has 0 aromatic heterocycles. The van der Waals surface area contributed by atoms with Crippen LogP contribution in [0.1, 0.15) is 11.1 Å². The molecule has 5 heteroatoms. The summed E-state index contributed by atoms with van der Waals surface area (Å²) < 4.78 is 18.4. The van der Waals surface area contributed by atoms with Gasteiger partial charge >= 0.3 is 0 Å². The van der Waals surface area contributed by atoms with Crippen LogP contribution in [0, 0.1) is 5.82 Å². The highest BCUT2D eigenvalue weighted by Crippen LogP contribution is 2.15. The summed E-state index contributed by atoms with van der Waals surface area (Å²) in [5.41, 5.74) is 1.75. The Morgan fingerprint density at radius 3 is 2.32 bits per heavy atom. The maximum Gasteiger partial charge on any atom is 0.224 e. The lowest BCUT2D eigenvalue weighted by Crippen LogP contribution is -2.27. The highest BCUT2D eigenvalue weighted by molar-refractivity contribution is 5.78. The number of amides is 1. The molecule has 2 rings (SSSR count). The van der Waals surface area contributed by atoms with E-state index in [2.05, 4.69) is 5.32 Å². The van der Waals surface area contributed by atoms with Crippen LogP contribution in [-0.4, -0.2) is 24.2 Å². The van der Waals surface area contributed by atoms with Gasteiger partial charge in [0.15, 0.2) is 0 Å². The Kier molecular flexibility index (Phi) is 5.91. The molecule has 0 aliphatic heterocycles.